The van der Waals surface area contributed by atoms with Crippen molar-refractivity contribution < 1.29 is 0 Å². The first-order chi connectivity index (χ1) is 9.19. The first-order valence-electron chi connectivity index (χ1n) is 6.26. The molecule has 0 aliphatic heterocycles. The van der Waals surface area contributed by atoms with Crippen molar-refractivity contribution in [2.45, 2.75) is 26.9 Å². The van der Waals surface area contributed by atoms with Crippen LogP contribution in [0.2, 0.25) is 0 Å². The van der Waals surface area contributed by atoms with E-state index < -0.39 is 0 Å². The molecule has 0 atom stereocenters. The van der Waals surface area contributed by atoms with E-state index in [9.17, 15) is 0 Å². The van der Waals surface area contributed by atoms with Crippen molar-refractivity contribution in [3.05, 3.63) is 46.4 Å². The maximum atomic E-state index is 5.88. The van der Waals surface area contributed by atoms with Crippen LogP contribution in [0.4, 0.5) is 0 Å². The number of fused-ring (bicyclic) bond motifs is 1. The van der Waals surface area contributed by atoms with Gasteiger partial charge in [0.05, 0.1) is 6.54 Å². The molecule has 0 saturated heterocycles. The molecule has 98 valence electrons. The van der Waals surface area contributed by atoms with Gasteiger partial charge in [0.2, 0.25) is 0 Å². The standard InChI is InChI=1S/C14H16N4S/c1-9-16-10(2)18(17-9)8-12-11-5-3-4-6-13(11)19-14(12)7-15/h3-6H,7-8,15H2,1-2H3. The van der Waals surface area contributed by atoms with Crippen molar-refractivity contribution in [3.63, 3.8) is 0 Å². The molecular weight excluding hydrogens is 256 g/mol. The zero-order valence-corrected chi connectivity index (χ0v) is 11.9. The number of aryl methyl sites for hydroxylation is 2. The number of nitrogens with zero attached hydrogens (tertiary/aromatic N) is 3. The summed E-state index contributed by atoms with van der Waals surface area (Å²) in [6.45, 7) is 5.21. The fourth-order valence-electron chi connectivity index (χ4n) is 2.35. The molecule has 3 rings (SSSR count). The summed E-state index contributed by atoms with van der Waals surface area (Å²) < 4.78 is 3.23. The van der Waals surface area contributed by atoms with E-state index in [2.05, 4.69) is 34.3 Å². The van der Waals surface area contributed by atoms with Gasteiger partial charge in [-0.1, -0.05) is 18.2 Å². The lowest BCUT2D eigenvalue weighted by atomic mass is 10.1. The van der Waals surface area contributed by atoms with E-state index in [1.807, 2.05) is 18.5 Å². The van der Waals surface area contributed by atoms with Crippen molar-refractivity contribution >= 4 is 21.4 Å². The average molecular weight is 272 g/mol. The summed E-state index contributed by atoms with van der Waals surface area (Å²) in [6.07, 6.45) is 0. The predicted molar refractivity (Wildman–Crippen MR) is 78.3 cm³/mol. The lowest BCUT2D eigenvalue weighted by Gasteiger charge is -2.05. The van der Waals surface area contributed by atoms with E-state index in [0.717, 1.165) is 18.2 Å². The van der Waals surface area contributed by atoms with E-state index in [1.165, 1.54) is 20.5 Å². The normalized spacial score (nSPS) is 11.3. The Morgan fingerprint density at radius 2 is 2.05 bits per heavy atom. The highest BCUT2D eigenvalue weighted by molar-refractivity contribution is 7.19. The molecule has 0 fully saturated rings. The molecule has 0 spiro atoms. The fraction of sp³-hybridized carbons (Fsp3) is 0.286. The van der Waals surface area contributed by atoms with Crippen molar-refractivity contribution in [2.24, 2.45) is 5.73 Å². The van der Waals surface area contributed by atoms with Crippen LogP contribution < -0.4 is 5.73 Å². The van der Waals surface area contributed by atoms with Crippen LogP contribution in [-0.4, -0.2) is 14.8 Å². The third-order valence-corrected chi connectivity index (χ3v) is 4.47. The second-order valence-corrected chi connectivity index (χ2v) is 5.70. The molecule has 4 nitrogen and oxygen atoms in total. The van der Waals surface area contributed by atoms with Crippen molar-refractivity contribution in [3.8, 4) is 0 Å². The van der Waals surface area contributed by atoms with Crippen molar-refractivity contribution in [1.82, 2.24) is 14.8 Å². The van der Waals surface area contributed by atoms with Gasteiger partial charge in [-0.15, -0.1) is 11.3 Å². The van der Waals surface area contributed by atoms with Crippen LogP contribution in [0.1, 0.15) is 22.1 Å². The lowest BCUT2D eigenvalue weighted by Crippen LogP contribution is -2.07. The molecule has 2 aromatic heterocycles. The van der Waals surface area contributed by atoms with Crippen molar-refractivity contribution in [1.29, 1.82) is 0 Å². The molecule has 0 saturated carbocycles. The van der Waals surface area contributed by atoms with E-state index in [-0.39, 0.29) is 0 Å². The largest absolute Gasteiger partial charge is 0.326 e. The molecule has 0 unspecified atom stereocenters. The SMILES string of the molecule is Cc1nc(C)n(Cc2c(CN)sc3ccccc23)n1. The Balaban J connectivity index is 2.11. The zero-order chi connectivity index (χ0) is 13.4. The Bertz CT molecular complexity index is 726. The number of rotatable bonds is 3. The molecule has 0 aliphatic rings. The summed E-state index contributed by atoms with van der Waals surface area (Å²) in [5, 5.41) is 5.71. The Kier molecular flexibility index (Phi) is 3.08. The molecule has 0 radical (unpaired) electrons. The molecule has 0 bridgehead atoms. The number of aromatic nitrogens is 3. The summed E-state index contributed by atoms with van der Waals surface area (Å²) in [4.78, 5) is 5.58. The summed E-state index contributed by atoms with van der Waals surface area (Å²) in [7, 11) is 0. The quantitative estimate of drug-likeness (QED) is 0.797. The molecule has 0 amide bonds. The minimum atomic E-state index is 0.571. The highest BCUT2D eigenvalue weighted by Gasteiger charge is 2.13. The van der Waals surface area contributed by atoms with Gasteiger partial charge in [-0.2, -0.15) is 5.10 Å². The van der Waals surface area contributed by atoms with E-state index in [0.29, 0.717) is 6.54 Å². The Hall–Kier alpha value is -1.72. The molecule has 0 aliphatic carbocycles. The van der Waals surface area contributed by atoms with Gasteiger partial charge in [-0.3, -0.25) is 0 Å². The van der Waals surface area contributed by atoms with Gasteiger partial charge in [-0.25, -0.2) is 9.67 Å². The molecular formula is C14H16N4S. The summed E-state index contributed by atoms with van der Waals surface area (Å²) in [5.41, 5.74) is 7.15. The van der Waals surface area contributed by atoms with Gasteiger partial charge in [0.15, 0.2) is 0 Å². The highest BCUT2D eigenvalue weighted by atomic mass is 32.1. The van der Waals surface area contributed by atoms with E-state index >= 15 is 0 Å². The van der Waals surface area contributed by atoms with E-state index in [4.69, 9.17) is 5.73 Å². The van der Waals surface area contributed by atoms with Crippen molar-refractivity contribution in [2.75, 3.05) is 0 Å². The molecule has 2 heterocycles. The van der Waals surface area contributed by atoms with Crippen LogP contribution >= 0.6 is 11.3 Å². The molecule has 19 heavy (non-hydrogen) atoms. The molecule has 1 aromatic carbocycles. The molecule has 2 N–H and O–H groups in total. The second-order valence-electron chi connectivity index (χ2n) is 4.57. The summed E-state index contributed by atoms with van der Waals surface area (Å²) in [6, 6.07) is 8.42. The highest BCUT2D eigenvalue weighted by Crippen LogP contribution is 2.31. The first kappa shape index (κ1) is 12.3. The minimum absolute atomic E-state index is 0.571. The fourth-order valence-corrected chi connectivity index (χ4v) is 3.44. The molecule has 5 heteroatoms. The third kappa shape index (κ3) is 2.15. The predicted octanol–water partition coefficient (Wildman–Crippen LogP) is 2.62. The van der Waals surface area contributed by atoms with Gasteiger partial charge < -0.3 is 5.73 Å². The summed E-state index contributed by atoms with van der Waals surface area (Å²) >= 11 is 1.77. The smallest absolute Gasteiger partial charge is 0.147 e. The number of hydrogen-bond acceptors (Lipinski definition) is 4. The van der Waals surface area contributed by atoms with E-state index in [1.54, 1.807) is 11.3 Å². The topological polar surface area (TPSA) is 56.7 Å². The number of thiophene rings is 1. The van der Waals surface area contributed by atoms with Gasteiger partial charge in [0.25, 0.3) is 0 Å². The zero-order valence-electron chi connectivity index (χ0n) is 11.1. The monoisotopic (exact) mass is 272 g/mol. The maximum Gasteiger partial charge on any atom is 0.147 e. The van der Waals surface area contributed by atoms with Crippen LogP contribution in [0.25, 0.3) is 10.1 Å². The third-order valence-electron chi connectivity index (χ3n) is 3.24. The van der Waals surface area contributed by atoms with Gasteiger partial charge in [-0.05, 0) is 30.9 Å². The van der Waals surface area contributed by atoms with Crippen LogP contribution in [0, 0.1) is 13.8 Å². The van der Waals surface area contributed by atoms with Gasteiger partial charge >= 0.3 is 0 Å². The second kappa shape index (κ2) is 4.75. The maximum absolute atomic E-state index is 5.88. The van der Waals surface area contributed by atoms with Crippen LogP contribution in [0.5, 0.6) is 0 Å². The number of nitrogens with two attached hydrogens (primary N) is 1. The molecule has 3 aromatic rings. The summed E-state index contributed by atoms with van der Waals surface area (Å²) in [5.74, 6) is 1.75. The minimum Gasteiger partial charge on any atom is -0.326 e. The Morgan fingerprint density at radius 3 is 2.74 bits per heavy atom. The van der Waals surface area contributed by atoms with Crippen LogP contribution in [0.15, 0.2) is 24.3 Å². The van der Waals surface area contributed by atoms with Crippen LogP contribution in [-0.2, 0) is 13.1 Å². The van der Waals surface area contributed by atoms with Crippen LogP contribution in [0.3, 0.4) is 0 Å². The Morgan fingerprint density at radius 1 is 1.26 bits per heavy atom. The van der Waals surface area contributed by atoms with Gasteiger partial charge in [0, 0.05) is 16.1 Å². The lowest BCUT2D eigenvalue weighted by molar-refractivity contribution is 0.656. The number of hydrogen-bond donors (Lipinski definition) is 1. The average Bonchev–Trinajstić information content (AvgIpc) is 2.91. The number of benzene rings is 1. The first-order valence-corrected chi connectivity index (χ1v) is 7.08. The Labute approximate surface area is 115 Å². The van der Waals surface area contributed by atoms with Gasteiger partial charge in [0.1, 0.15) is 11.6 Å².